The van der Waals surface area contributed by atoms with Crippen molar-refractivity contribution in [2.24, 2.45) is 4.99 Å². The predicted octanol–water partition coefficient (Wildman–Crippen LogP) is 2.89. The van der Waals surface area contributed by atoms with Crippen molar-refractivity contribution in [2.75, 3.05) is 32.9 Å². The molecule has 4 rings (SSSR count). The third-order valence-electron chi connectivity index (χ3n) is 6.42. The quantitative estimate of drug-likeness (QED) is 0.275. The zero-order valence-corrected chi connectivity index (χ0v) is 21.8. The summed E-state index contributed by atoms with van der Waals surface area (Å²) in [6, 6.07) is 7.60. The van der Waals surface area contributed by atoms with Gasteiger partial charge in [0.25, 0.3) is 11.7 Å². The maximum Gasteiger partial charge on any atom is 0.294 e. The molecule has 2 heterocycles. The SMILES string of the molecule is CC(C)NC[C@H](O)COc1ccc(OCCCNC(=O)C2(OC3=NC4C=CCCC4=CC3)CCO2)cc1. The monoisotopic (exact) mass is 513 g/mol. The number of aliphatic hydroxyl groups excluding tert-OH is 1. The molecule has 1 aromatic rings. The van der Waals surface area contributed by atoms with Crippen LogP contribution in [0.15, 0.2) is 53.1 Å². The molecule has 3 aliphatic rings. The van der Waals surface area contributed by atoms with Gasteiger partial charge in [-0.1, -0.05) is 32.1 Å². The van der Waals surface area contributed by atoms with E-state index in [0.29, 0.717) is 69.0 Å². The van der Waals surface area contributed by atoms with Crippen LogP contribution in [0, 0.1) is 0 Å². The van der Waals surface area contributed by atoms with Gasteiger partial charge in [-0.2, -0.15) is 0 Å². The molecule has 1 fully saturated rings. The molecule has 0 spiro atoms. The lowest BCUT2D eigenvalue weighted by atomic mass is 9.94. The number of dihydropyridines is 1. The van der Waals surface area contributed by atoms with Crippen molar-refractivity contribution in [2.45, 2.75) is 69.9 Å². The molecule has 3 atom stereocenters. The number of aliphatic imine (C=N–C) groups is 1. The van der Waals surface area contributed by atoms with E-state index in [1.807, 2.05) is 38.1 Å². The van der Waals surface area contributed by atoms with Crippen LogP contribution in [0.3, 0.4) is 0 Å². The van der Waals surface area contributed by atoms with Crippen LogP contribution < -0.4 is 20.1 Å². The van der Waals surface area contributed by atoms with Crippen LogP contribution in [0.1, 0.15) is 46.0 Å². The summed E-state index contributed by atoms with van der Waals surface area (Å²) in [7, 11) is 0. The van der Waals surface area contributed by atoms with Crippen molar-refractivity contribution in [3.8, 4) is 11.5 Å². The predicted molar refractivity (Wildman–Crippen MR) is 141 cm³/mol. The summed E-state index contributed by atoms with van der Waals surface area (Å²) in [6.07, 6.45) is 9.62. The molecular formula is C28H39N3O6. The molecule has 2 unspecified atom stereocenters. The van der Waals surface area contributed by atoms with Gasteiger partial charge in [0.2, 0.25) is 0 Å². The highest BCUT2D eigenvalue weighted by molar-refractivity contribution is 5.89. The molecule has 3 N–H and O–H groups in total. The van der Waals surface area contributed by atoms with Gasteiger partial charge in [0.05, 0.1) is 19.3 Å². The molecule has 0 aromatic heterocycles. The number of fused-ring (bicyclic) bond motifs is 1. The Balaban J connectivity index is 1.13. The van der Waals surface area contributed by atoms with Gasteiger partial charge in [0.1, 0.15) is 24.2 Å². The summed E-state index contributed by atoms with van der Waals surface area (Å²) in [4.78, 5) is 17.5. The molecule has 9 nitrogen and oxygen atoms in total. The molecule has 37 heavy (non-hydrogen) atoms. The number of amides is 1. The first kappa shape index (κ1) is 27.2. The summed E-state index contributed by atoms with van der Waals surface area (Å²) in [5, 5.41) is 16.0. The molecule has 1 amide bonds. The van der Waals surface area contributed by atoms with Gasteiger partial charge in [0.15, 0.2) is 5.90 Å². The van der Waals surface area contributed by atoms with Crippen molar-refractivity contribution in [3.05, 3.63) is 48.1 Å². The zero-order chi connectivity index (χ0) is 26.1. The van der Waals surface area contributed by atoms with Crippen LogP contribution in [0.4, 0.5) is 0 Å². The van der Waals surface area contributed by atoms with Gasteiger partial charge in [-0.05, 0) is 49.1 Å². The van der Waals surface area contributed by atoms with E-state index in [-0.39, 0.29) is 18.6 Å². The Kier molecular flexibility index (Phi) is 9.60. The second kappa shape index (κ2) is 13.1. The summed E-state index contributed by atoms with van der Waals surface area (Å²) < 4.78 is 23.0. The molecule has 1 aliphatic carbocycles. The number of nitrogens with zero attached hydrogens (tertiary/aromatic N) is 1. The molecule has 1 saturated heterocycles. The summed E-state index contributed by atoms with van der Waals surface area (Å²) in [5.74, 6) is 0.373. The van der Waals surface area contributed by atoms with E-state index in [9.17, 15) is 9.90 Å². The Labute approximate surface area is 218 Å². The van der Waals surface area contributed by atoms with Gasteiger partial charge in [-0.15, -0.1) is 0 Å². The topological polar surface area (TPSA) is 111 Å². The fourth-order valence-electron chi connectivity index (χ4n) is 4.23. The molecular weight excluding hydrogens is 474 g/mol. The maximum absolute atomic E-state index is 12.8. The number of carbonyl (C=O) groups excluding carboxylic acids is 1. The van der Waals surface area contributed by atoms with Gasteiger partial charge in [-0.3, -0.25) is 4.79 Å². The first-order chi connectivity index (χ1) is 17.9. The van der Waals surface area contributed by atoms with E-state index in [1.54, 1.807) is 0 Å². The van der Waals surface area contributed by atoms with E-state index < -0.39 is 11.9 Å². The number of carbonyl (C=O) groups is 1. The van der Waals surface area contributed by atoms with E-state index in [1.165, 1.54) is 5.57 Å². The van der Waals surface area contributed by atoms with Crippen LogP contribution in [0.5, 0.6) is 11.5 Å². The fraction of sp³-hybridized carbons (Fsp3) is 0.571. The Morgan fingerprint density at radius 2 is 2.00 bits per heavy atom. The summed E-state index contributed by atoms with van der Waals surface area (Å²) in [6.45, 7) is 6.14. The lowest BCUT2D eigenvalue weighted by molar-refractivity contribution is -0.257. The summed E-state index contributed by atoms with van der Waals surface area (Å²) >= 11 is 0. The van der Waals surface area contributed by atoms with Crippen molar-refractivity contribution in [3.63, 3.8) is 0 Å². The Morgan fingerprint density at radius 3 is 2.70 bits per heavy atom. The first-order valence-electron chi connectivity index (χ1n) is 13.2. The highest BCUT2D eigenvalue weighted by atomic mass is 16.7. The van der Waals surface area contributed by atoms with Crippen LogP contribution in [-0.2, 0) is 14.3 Å². The van der Waals surface area contributed by atoms with E-state index in [2.05, 4.69) is 33.9 Å². The van der Waals surface area contributed by atoms with Gasteiger partial charge < -0.3 is 34.7 Å². The number of rotatable bonds is 13. The zero-order valence-electron chi connectivity index (χ0n) is 21.8. The van der Waals surface area contributed by atoms with E-state index in [0.717, 1.165) is 12.8 Å². The molecule has 202 valence electrons. The molecule has 0 bridgehead atoms. The minimum atomic E-state index is -1.28. The van der Waals surface area contributed by atoms with Gasteiger partial charge >= 0.3 is 0 Å². The number of allylic oxidation sites excluding steroid dienone is 1. The highest BCUT2D eigenvalue weighted by Gasteiger charge is 2.49. The van der Waals surface area contributed by atoms with E-state index >= 15 is 0 Å². The molecule has 0 radical (unpaired) electrons. The second-order valence-corrected chi connectivity index (χ2v) is 9.83. The summed E-state index contributed by atoms with van der Waals surface area (Å²) in [5.41, 5.74) is 1.32. The van der Waals surface area contributed by atoms with Crippen molar-refractivity contribution >= 4 is 11.8 Å². The Morgan fingerprint density at radius 1 is 1.24 bits per heavy atom. The van der Waals surface area contributed by atoms with Crippen LogP contribution in [-0.4, -0.2) is 73.8 Å². The van der Waals surface area contributed by atoms with Crippen LogP contribution >= 0.6 is 0 Å². The lowest BCUT2D eigenvalue weighted by Gasteiger charge is -2.40. The number of ether oxygens (including phenoxy) is 4. The second-order valence-electron chi connectivity index (χ2n) is 9.83. The largest absolute Gasteiger partial charge is 0.494 e. The number of hydrogen-bond donors (Lipinski definition) is 3. The van der Waals surface area contributed by atoms with Crippen LogP contribution in [0.25, 0.3) is 0 Å². The first-order valence-corrected chi connectivity index (χ1v) is 13.2. The minimum absolute atomic E-state index is 0.0223. The number of nitrogens with one attached hydrogen (secondary N) is 2. The molecule has 0 saturated carbocycles. The highest BCUT2D eigenvalue weighted by Crippen LogP contribution is 2.32. The van der Waals surface area contributed by atoms with Crippen LogP contribution in [0.2, 0.25) is 0 Å². The van der Waals surface area contributed by atoms with E-state index in [4.69, 9.17) is 18.9 Å². The molecule has 2 aliphatic heterocycles. The Hall–Kier alpha value is -2.88. The van der Waals surface area contributed by atoms with Crippen molar-refractivity contribution < 1.29 is 28.8 Å². The molecule has 1 aromatic carbocycles. The lowest BCUT2D eigenvalue weighted by Crippen LogP contribution is -2.59. The average molecular weight is 514 g/mol. The maximum atomic E-state index is 12.8. The normalized spacial score (nSPS) is 23.3. The Bertz CT molecular complexity index is 984. The van der Waals surface area contributed by atoms with Crippen molar-refractivity contribution in [1.82, 2.24) is 10.6 Å². The molecule has 9 heteroatoms. The van der Waals surface area contributed by atoms with Crippen molar-refractivity contribution in [1.29, 1.82) is 0 Å². The number of benzene rings is 1. The third kappa shape index (κ3) is 7.80. The number of hydrogen-bond acceptors (Lipinski definition) is 8. The average Bonchev–Trinajstić information content (AvgIpc) is 2.88. The minimum Gasteiger partial charge on any atom is -0.494 e. The third-order valence-corrected chi connectivity index (χ3v) is 6.42. The fourth-order valence-corrected chi connectivity index (χ4v) is 4.23. The van der Waals surface area contributed by atoms with Gasteiger partial charge in [-0.25, -0.2) is 4.99 Å². The standard InChI is InChI=1S/C28H39N3O6/c1-20(2)30-18-22(32)19-35-24-11-9-23(10-12-24)34-16-5-15-29-27(33)28(14-17-36-28)37-26-13-8-21-6-3-4-7-25(21)31-26/h4,7-12,20,22,25,30,32H,3,5-6,13-19H2,1-2H3,(H,29,33)/t22-,25?,28?/m0/s1. The smallest absolute Gasteiger partial charge is 0.294 e. The number of aliphatic hydroxyl groups is 1. The van der Waals surface area contributed by atoms with Gasteiger partial charge in [0, 0.05) is 32.0 Å².